The first-order valence-corrected chi connectivity index (χ1v) is 7.50. The third-order valence-corrected chi connectivity index (χ3v) is 3.35. The third kappa shape index (κ3) is 4.57. The van der Waals surface area contributed by atoms with E-state index < -0.39 is 5.91 Å². The van der Waals surface area contributed by atoms with E-state index in [9.17, 15) is 9.59 Å². The lowest BCUT2D eigenvalue weighted by Gasteiger charge is -2.04. The van der Waals surface area contributed by atoms with Gasteiger partial charge in [0.1, 0.15) is 18.1 Å². The van der Waals surface area contributed by atoms with Gasteiger partial charge in [0, 0.05) is 6.04 Å². The molecule has 3 rings (SSSR count). The van der Waals surface area contributed by atoms with Crippen LogP contribution in [0.3, 0.4) is 0 Å². The van der Waals surface area contributed by atoms with Gasteiger partial charge in [-0.1, -0.05) is 18.2 Å². The molecule has 0 bridgehead atoms. The minimum absolute atomic E-state index is 0.0436. The number of carbonyl (C=O) groups is 2. The van der Waals surface area contributed by atoms with Gasteiger partial charge in [0.15, 0.2) is 0 Å². The zero-order chi connectivity index (χ0) is 16.1. The number of nitrogens with one attached hydrogen (secondary N) is 3. The summed E-state index contributed by atoms with van der Waals surface area (Å²) in [5, 5.41) is 12.0. The second kappa shape index (κ2) is 6.95. The van der Waals surface area contributed by atoms with Gasteiger partial charge in [-0.25, -0.2) is 0 Å². The Kier molecular flexibility index (Phi) is 4.56. The molecule has 0 spiro atoms. The molecule has 0 saturated heterocycles. The van der Waals surface area contributed by atoms with Crippen molar-refractivity contribution in [3.05, 3.63) is 47.8 Å². The van der Waals surface area contributed by atoms with Crippen molar-refractivity contribution in [1.82, 2.24) is 20.8 Å². The molecule has 1 heterocycles. The highest BCUT2D eigenvalue weighted by molar-refractivity contribution is 5.94. The number of ether oxygens (including phenoxy) is 1. The fourth-order valence-electron chi connectivity index (χ4n) is 1.99. The second-order valence-corrected chi connectivity index (χ2v) is 5.40. The zero-order valence-corrected chi connectivity index (χ0v) is 12.5. The first kappa shape index (κ1) is 15.1. The molecule has 1 aliphatic carbocycles. The minimum Gasteiger partial charge on any atom is -0.487 e. The largest absolute Gasteiger partial charge is 0.487 e. The van der Waals surface area contributed by atoms with Gasteiger partial charge in [-0.3, -0.25) is 14.7 Å². The van der Waals surface area contributed by atoms with Crippen LogP contribution in [0.5, 0.6) is 5.75 Å². The average molecular weight is 314 g/mol. The number of hydrogen-bond donors (Lipinski definition) is 3. The standard InChI is InChI=1S/C16H18N4O3/c21-15(18-11-6-7-11)9-17-16(22)14-8-12(19-20-14)10-23-13-4-2-1-3-5-13/h1-5,8,11H,6-7,9-10H2,(H,17,22)(H,18,21)(H,19,20). The summed E-state index contributed by atoms with van der Waals surface area (Å²) in [6, 6.07) is 11.3. The van der Waals surface area contributed by atoms with Crippen LogP contribution in [0.4, 0.5) is 0 Å². The van der Waals surface area contributed by atoms with E-state index in [2.05, 4.69) is 20.8 Å². The Morgan fingerprint density at radius 3 is 2.78 bits per heavy atom. The van der Waals surface area contributed by atoms with Crippen molar-refractivity contribution < 1.29 is 14.3 Å². The van der Waals surface area contributed by atoms with Crippen LogP contribution in [-0.4, -0.2) is 34.6 Å². The molecule has 1 saturated carbocycles. The Balaban J connectivity index is 1.45. The van der Waals surface area contributed by atoms with Crippen molar-refractivity contribution in [3.63, 3.8) is 0 Å². The van der Waals surface area contributed by atoms with Crippen LogP contribution in [-0.2, 0) is 11.4 Å². The number of nitrogens with zero attached hydrogens (tertiary/aromatic N) is 1. The highest BCUT2D eigenvalue weighted by Crippen LogP contribution is 2.18. The van der Waals surface area contributed by atoms with Crippen LogP contribution in [0.1, 0.15) is 29.0 Å². The summed E-state index contributed by atoms with van der Waals surface area (Å²) in [7, 11) is 0. The Morgan fingerprint density at radius 1 is 1.26 bits per heavy atom. The third-order valence-electron chi connectivity index (χ3n) is 3.35. The molecule has 7 heteroatoms. The molecule has 1 aromatic heterocycles. The highest BCUT2D eigenvalue weighted by atomic mass is 16.5. The van der Waals surface area contributed by atoms with Crippen molar-refractivity contribution in [3.8, 4) is 5.75 Å². The second-order valence-electron chi connectivity index (χ2n) is 5.40. The smallest absolute Gasteiger partial charge is 0.272 e. The fraction of sp³-hybridized carbons (Fsp3) is 0.312. The van der Waals surface area contributed by atoms with E-state index in [0.29, 0.717) is 5.69 Å². The summed E-state index contributed by atoms with van der Waals surface area (Å²) in [5.74, 6) is 0.173. The van der Waals surface area contributed by atoms with E-state index in [1.165, 1.54) is 0 Å². The molecule has 1 fully saturated rings. The number of H-pyrrole nitrogens is 1. The molecule has 23 heavy (non-hydrogen) atoms. The van der Waals surface area contributed by atoms with Crippen LogP contribution >= 0.6 is 0 Å². The van der Waals surface area contributed by atoms with Crippen LogP contribution < -0.4 is 15.4 Å². The van der Waals surface area contributed by atoms with E-state index in [4.69, 9.17) is 4.74 Å². The van der Waals surface area contributed by atoms with Gasteiger partial charge < -0.3 is 15.4 Å². The lowest BCUT2D eigenvalue weighted by atomic mass is 10.3. The molecule has 7 nitrogen and oxygen atoms in total. The van der Waals surface area contributed by atoms with E-state index in [0.717, 1.165) is 18.6 Å². The molecule has 0 atom stereocenters. The van der Waals surface area contributed by atoms with Gasteiger partial charge in [0.05, 0.1) is 12.2 Å². The number of benzene rings is 1. The van der Waals surface area contributed by atoms with Gasteiger partial charge in [0.2, 0.25) is 5.91 Å². The number of aromatic nitrogens is 2. The molecule has 1 aliphatic rings. The fourth-order valence-corrected chi connectivity index (χ4v) is 1.99. The Hall–Kier alpha value is -2.83. The van der Waals surface area contributed by atoms with Crippen molar-refractivity contribution in [1.29, 1.82) is 0 Å². The van der Waals surface area contributed by atoms with E-state index in [-0.39, 0.29) is 30.8 Å². The average Bonchev–Trinajstić information content (AvgIpc) is 3.25. The van der Waals surface area contributed by atoms with Crippen LogP contribution in [0.25, 0.3) is 0 Å². The molecule has 2 amide bonds. The maximum Gasteiger partial charge on any atom is 0.272 e. The molecule has 0 aliphatic heterocycles. The Bertz CT molecular complexity index is 680. The van der Waals surface area contributed by atoms with E-state index >= 15 is 0 Å². The van der Waals surface area contributed by atoms with Crippen molar-refractivity contribution in [2.45, 2.75) is 25.5 Å². The van der Waals surface area contributed by atoms with Gasteiger partial charge in [-0.05, 0) is 31.0 Å². The van der Waals surface area contributed by atoms with Crippen molar-refractivity contribution in [2.75, 3.05) is 6.54 Å². The SMILES string of the molecule is O=C(CNC(=O)c1cc(COc2ccccc2)[nH]n1)NC1CC1. The molecular weight excluding hydrogens is 296 g/mol. The predicted octanol–water partition coefficient (Wildman–Crippen LogP) is 0.997. The quantitative estimate of drug-likeness (QED) is 0.710. The minimum atomic E-state index is -0.391. The number of amides is 2. The lowest BCUT2D eigenvalue weighted by Crippen LogP contribution is -2.37. The van der Waals surface area contributed by atoms with E-state index in [1.807, 2.05) is 30.3 Å². The van der Waals surface area contributed by atoms with E-state index in [1.54, 1.807) is 6.07 Å². The molecule has 1 aromatic carbocycles. The van der Waals surface area contributed by atoms with Gasteiger partial charge >= 0.3 is 0 Å². The number of rotatable bonds is 7. The summed E-state index contributed by atoms with van der Waals surface area (Å²) in [5.41, 5.74) is 0.914. The molecule has 0 unspecified atom stereocenters. The molecule has 120 valence electrons. The predicted molar refractivity (Wildman–Crippen MR) is 82.9 cm³/mol. The summed E-state index contributed by atoms with van der Waals surface area (Å²) in [6.45, 7) is 0.241. The summed E-state index contributed by atoms with van der Waals surface area (Å²) in [4.78, 5) is 23.4. The normalized spacial score (nSPS) is 13.4. The lowest BCUT2D eigenvalue weighted by molar-refractivity contribution is -0.120. The first-order chi connectivity index (χ1) is 11.2. The van der Waals surface area contributed by atoms with Crippen LogP contribution in [0, 0.1) is 0 Å². The molecule has 2 aromatic rings. The number of carbonyl (C=O) groups excluding carboxylic acids is 2. The summed E-state index contributed by atoms with van der Waals surface area (Å²) in [6.07, 6.45) is 2.04. The van der Waals surface area contributed by atoms with Crippen LogP contribution in [0.15, 0.2) is 36.4 Å². The van der Waals surface area contributed by atoms with Crippen molar-refractivity contribution >= 4 is 11.8 Å². The molecule has 0 radical (unpaired) electrons. The van der Waals surface area contributed by atoms with Crippen LogP contribution in [0.2, 0.25) is 0 Å². The van der Waals surface area contributed by atoms with Gasteiger partial charge in [0.25, 0.3) is 5.91 Å². The maximum absolute atomic E-state index is 11.9. The molecular formula is C16H18N4O3. The number of para-hydroxylation sites is 1. The first-order valence-electron chi connectivity index (χ1n) is 7.50. The Labute approximate surface area is 133 Å². The summed E-state index contributed by atoms with van der Waals surface area (Å²) >= 11 is 0. The summed E-state index contributed by atoms with van der Waals surface area (Å²) < 4.78 is 5.57. The Morgan fingerprint density at radius 2 is 2.04 bits per heavy atom. The molecule has 3 N–H and O–H groups in total. The zero-order valence-electron chi connectivity index (χ0n) is 12.5. The maximum atomic E-state index is 11.9. The van der Waals surface area contributed by atoms with Crippen molar-refractivity contribution in [2.24, 2.45) is 0 Å². The number of aromatic amines is 1. The van der Waals surface area contributed by atoms with Gasteiger partial charge in [-0.2, -0.15) is 5.10 Å². The topological polar surface area (TPSA) is 96.1 Å². The van der Waals surface area contributed by atoms with Gasteiger partial charge in [-0.15, -0.1) is 0 Å². The monoisotopic (exact) mass is 314 g/mol. The number of hydrogen-bond acceptors (Lipinski definition) is 4. The highest BCUT2D eigenvalue weighted by Gasteiger charge is 2.23.